The molecule has 248 valence electrons. The predicted molar refractivity (Wildman–Crippen MR) is 183 cm³/mol. The van der Waals surface area contributed by atoms with Gasteiger partial charge in [-0.15, -0.1) is 0 Å². The number of aromatic nitrogens is 2. The summed E-state index contributed by atoms with van der Waals surface area (Å²) in [5, 5.41) is 19.3. The van der Waals surface area contributed by atoms with Gasteiger partial charge in [-0.2, -0.15) is 9.97 Å². The Balaban J connectivity index is 1.06. The first kappa shape index (κ1) is 29.5. The Morgan fingerprint density at radius 3 is 2.54 bits per heavy atom. The fourth-order valence-electron chi connectivity index (χ4n) is 9.12. The number of hydrogen-bond donors (Lipinski definition) is 3. The number of benzene rings is 3. The number of nitrogens with zero attached hydrogens (tertiary/aromatic N) is 5. The molecule has 11 heteroatoms. The van der Waals surface area contributed by atoms with E-state index in [9.17, 15) is 14.7 Å². The van der Waals surface area contributed by atoms with E-state index in [2.05, 4.69) is 44.7 Å². The Morgan fingerprint density at radius 2 is 1.77 bits per heavy atom. The van der Waals surface area contributed by atoms with Gasteiger partial charge in [0.1, 0.15) is 24.2 Å². The lowest BCUT2D eigenvalue weighted by Gasteiger charge is -2.42. The van der Waals surface area contributed by atoms with Gasteiger partial charge in [-0.1, -0.05) is 30.3 Å². The van der Waals surface area contributed by atoms with Crippen molar-refractivity contribution in [3.63, 3.8) is 0 Å². The molecule has 5 aliphatic heterocycles. The van der Waals surface area contributed by atoms with Crippen molar-refractivity contribution in [2.45, 2.75) is 68.6 Å². The monoisotopic (exact) mass is 647 g/mol. The zero-order valence-electron chi connectivity index (χ0n) is 27.0. The number of aromatic hydroxyl groups is 1. The van der Waals surface area contributed by atoms with Crippen molar-refractivity contribution in [1.29, 1.82) is 0 Å². The molecule has 6 heterocycles. The SMILES string of the molecule is O=C1NCCC1NC(=O)N1C2CCC1CN(c1nc(OCC34CCCN3CCC4)nc3cc(-c4cc(O)cc5ccccc45)ccc13)C2. The summed E-state index contributed by atoms with van der Waals surface area (Å²) >= 11 is 0. The quantitative estimate of drug-likeness (QED) is 0.281. The van der Waals surface area contributed by atoms with Gasteiger partial charge in [-0.05, 0) is 104 Å². The summed E-state index contributed by atoms with van der Waals surface area (Å²) in [5.41, 5.74) is 2.75. The number of urea groups is 1. The summed E-state index contributed by atoms with van der Waals surface area (Å²) in [6.07, 6.45) is 7.10. The van der Waals surface area contributed by atoms with E-state index in [0.717, 1.165) is 77.4 Å². The Kier molecular flexibility index (Phi) is 7.07. The number of rotatable bonds is 6. The smallest absolute Gasteiger partial charge is 0.319 e. The molecule has 11 nitrogen and oxygen atoms in total. The van der Waals surface area contributed by atoms with Gasteiger partial charge in [0.15, 0.2) is 0 Å². The van der Waals surface area contributed by atoms with Gasteiger partial charge in [-0.3, -0.25) is 9.69 Å². The molecule has 5 aliphatic rings. The predicted octanol–water partition coefficient (Wildman–Crippen LogP) is 4.41. The molecule has 0 spiro atoms. The fraction of sp³-hybridized carbons (Fsp3) is 0.459. The van der Waals surface area contributed by atoms with Gasteiger partial charge in [0.2, 0.25) is 5.91 Å². The van der Waals surface area contributed by atoms with Crippen molar-refractivity contribution >= 4 is 39.4 Å². The van der Waals surface area contributed by atoms with Gasteiger partial charge in [0.25, 0.3) is 0 Å². The van der Waals surface area contributed by atoms with E-state index in [-0.39, 0.29) is 35.3 Å². The highest BCUT2D eigenvalue weighted by molar-refractivity contribution is 6.01. The average Bonchev–Trinajstić information content (AvgIpc) is 3.85. The highest BCUT2D eigenvalue weighted by atomic mass is 16.5. The minimum Gasteiger partial charge on any atom is -0.508 e. The highest BCUT2D eigenvalue weighted by Gasteiger charge is 2.46. The van der Waals surface area contributed by atoms with Crippen LogP contribution in [0.3, 0.4) is 0 Å². The molecule has 3 atom stereocenters. The maximum atomic E-state index is 13.4. The highest BCUT2D eigenvalue weighted by Crippen LogP contribution is 2.41. The molecular weight excluding hydrogens is 606 g/mol. The fourth-order valence-corrected chi connectivity index (χ4v) is 9.12. The third kappa shape index (κ3) is 4.98. The molecule has 3 N–H and O–H groups in total. The molecule has 0 saturated carbocycles. The summed E-state index contributed by atoms with van der Waals surface area (Å²) in [5.74, 6) is 0.936. The molecule has 0 aliphatic carbocycles. The number of anilines is 1. The number of carbonyl (C=O) groups is 2. The molecule has 3 aromatic carbocycles. The molecule has 0 radical (unpaired) electrons. The summed E-state index contributed by atoms with van der Waals surface area (Å²) in [6, 6.07) is 17.7. The second-order valence-electron chi connectivity index (χ2n) is 14.3. The minimum atomic E-state index is -0.464. The maximum Gasteiger partial charge on any atom is 0.319 e. The van der Waals surface area contributed by atoms with Crippen molar-refractivity contribution in [1.82, 2.24) is 30.4 Å². The number of piperazine rings is 1. The van der Waals surface area contributed by atoms with Gasteiger partial charge < -0.3 is 30.3 Å². The molecule has 5 saturated heterocycles. The first-order valence-corrected chi connectivity index (χ1v) is 17.5. The molecule has 4 aromatic rings. The zero-order valence-corrected chi connectivity index (χ0v) is 27.0. The molecule has 2 bridgehead atoms. The third-order valence-corrected chi connectivity index (χ3v) is 11.5. The Morgan fingerprint density at radius 1 is 0.979 bits per heavy atom. The lowest BCUT2D eigenvalue weighted by Crippen LogP contribution is -2.60. The first-order valence-electron chi connectivity index (χ1n) is 17.5. The van der Waals surface area contributed by atoms with Crippen LogP contribution in [0.5, 0.6) is 11.8 Å². The number of carbonyl (C=O) groups excluding carboxylic acids is 2. The standard InChI is InChI=1S/C37H41N7O4/c45-27-17-23-5-1-2-6-28(23)30(19-27)24-7-10-29-32(18-24)39-35(48-22-37-12-3-15-43(37)16-4-13-37)41-33(29)42-20-25-8-9-26(21-42)44(25)36(47)40-31-11-14-38-34(31)46/h1-2,5-7,10,17-19,25-26,31,45H,3-4,8-9,11-16,20-22H2,(H,38,46)(H,40,47). The third-order valence-electron chi connectivity index (χ3n) is 11.5. The van der Waals surface area contributed by atoms with Crippen molar-refractivity contribution in [3.8, 4) is 22.9 Å². The largest absolute Gasteiger partial charge is 0.508 e. The number of phenolic OH excluding ortho intramolecular Hbond substituents is 1. The van der Waals surface area contributed by atoms with Gasteiger partial charge in [0.05, 0.1) is 23.1 Å². The maximum absolute atomic E-state index is 13.4. The number of nitrogens with one attached hydrogen (secondary N) is 2. The van der Waals surface area contributed by atoms with Crippen LogP contribution in [0.15, 0.2) is 54.6 Å². The first-order chi connectivity index (χ1) is 23.4. The van der Waals surface area contributed by atoms with Crippen molar-refractivity contribution in [2.75, 3.05) is 44.2 Å². The summed E-state index contributed by atoms with van der Waals surface area (Å²) < 4.78 is 6.54. The van der Waals surface area contributed by atoms with Crippen LogP contribution in [0.1, 0.15) is 44.9 Å². The van der Waals surface area contributed by atoms with Crippen LogP contribution in [0.25, 0.3) is 32.8 Å². The van der Waals surface area contributed by atoms with Crippen LogP contribution in [-0.2, 0) is 4.79 Å². The van der Waals surface area contributed by atoms with Gasteiger partial charge in [0, 0.05) is 25.0 Å². The van der Waals surface area contributed by atoms with Crippen molar-refractivity contribution < 1.29 is 19.4 Å². The van der Waals surface area contributed by atoms with Gasteiger partial charge >= 0.3 is 12.0 Å². The summed E-state index contributed by atoms with van der Waals surface area (Å²) in [4.78, 5) is 42.5. The molecule has 48 heavy (non-hydrogen) atoms. The normalized spacial score (nSPS) is 24.8. The van der Waals surface area contributed by atoms with E-state index in [1.807, 2.05) is 29.2 Å². The number of phenols is 1. The molecule has 1 aromatic heterocycles. The second-order valence-corrected chi connectivity index (χ2v) is 14.3. The molecule has 3 unspecified atom stereocenters. The lowest BCUT2D eigenvalue weighted by atomic mass is 9.95. The van der Waals surface area contributed by atoms with Crippen molar-refractivity contribution in [2.24, 2.45) is 0 Å². The van der Waals surface area contributed by atoms with E-state index >= 15 is 0 Å². The Bertz CT molecular complexity index is 1910. The van der Waals surface area contributed by atoms with E-state index in [1.165, 1.54) is 12.8 Å². The molecule has 3 amide bonds. The Labute approximate surface area is 279 Å². The van der Waals surface area contributed by atoms with Crippen LogP contribution in [-0.4, -0.2) is 99.8 Å². The topological polar surface area (TPSA) is 123 Å². The Hall–Kier alpha value is -4.64. The minimum absolute atomic E-state index is 0.0185. The average molecular weight is 648 g/mol. The van der Waals surface area contributed by atoms with Crippen LogP contribution in [0, 0.1) is 0 Å². The number of amides is 3. The van der Waals surface area contributed by atoms with E-state index in [0.29, 0.717) is 38.7 Å². The number of fused-ring (bicyclic) bond motifs is 5. The van der Waals surface area contributed by atoms with Crippen LogP contribution < -0.4 is 20.3 Å². The van der Waals surface area contributed by atoms with E-state index in [1.54, 1.807) is 6.07 Å². The van der Waals surface area contributed by atoms with Crippen LogP contribution in [0.2, 0.25) is 0 Å². The van der Waals surface area contributed by atoms with E-state index in [4.69, 9.17) is 14.7 Å². The van der Waals surface area contributed by atoms with Crippen molar-refractivity contribution in [3.05, 3.63) is 54.6 Å². The lowest BCUT2D eigenvalue weighted by molar-refractivity contribution is -0.120. The molecule has 5 fully saturated rings. The van der Waals surface area contributed by atoms with Gasteiger partial charge in [-0.25, -0.2) is 4.79 Å². The number of ether oxygens (including phenoxy) is 1. The number of hydrogen-bond acceptors (Lipinski definition) is 8. The molecule has 9 rings (SSSR count). The van der Waals surface area contributed by atoms with E-state index < -0.39 is 6.04 Å². The zero-order chi connectivity index (χ0) is 32.4. The summed E-state index contributed by atoms with van der Waals surface area (Å²) in [7, 11) is 0. The molecular formula is C37H41N7O4. The van der Waals surface area contributed by atoms with Crippen LogP contribution >= 0.6 is 0 Å². The van der Waals surface area contributed by atoms with Crippen LogP contribution in [0.4, 0.5) is 10.6 Å². The second kappa shape index (κ2) is 11.5. The summed E-state index contributed by atoms with van der Waals surface area (Å²) in [6.45, 7) is 4.70.